The van der Waals surface area contributed by atoms with Gasteiger partial charge in [-0.15, -0.1) is 11.3 Å². The monoisotopic (exact) mass is 416 g/mol. The van der Waals surface area contributed by atoms with Crippen molar-refractivity contribution < 1.29 is 4.79 Å². The lowest BCUT2D eigenvalue weighted by Gasteiger charge is -2.34. The summed E-state index contributed by atoms with van der Waals surface area (Å²) in [5.74, 6) is -0.0599. The maximum Gasteiger partial charge on any atom is 0.238 e. The summed E-state index contributed by atoms with van der Waals surface area (Å²) >= 11 is 7.90. The first kappa shape index (κ1) is 19.1. The number of amides is 1. The molecule has 0 radical (unpaired) electrons. The molecule has 7 nitrogen and oxygen atoms in total. The van der Waals surface area contributed by atoms with Crippen molar-refractivity contribution in [3.8, 4) is 5.69 Å². The molecule has 0 saturated carbocycles. The molecule has 0 aliphatic carbocycles. The third-order valence-corrected chi connectivity index (χ3v) is 5.79. The topological polar surface area (TPSA) is 66.3 Å². The Balaban J connectivity index is 1.32. The van der Waals surface area contributed by atoms with Crippen molar-refractivity contribution in [1.29, 1.82) is 0 Å². The fourth-order valence-corrected chi connectivity index (χ4v) is 4.18. The van der Waals surface area contributed by atoms with Crippen LogP contribution in [-0.2, 0) is 11.3 Å². The van der Waals surface area contributed by atoms with Gasteiger partial charge < -0.3 is 5.32 Å². The second kappa shape index (κ2) is 8.83. The molecule has 3 aromatic rings. The van der Waals surface area contributed by atoms with Crippen molar-refractivity contribution in [2.75, 3.05) is 38.0 Å². The number of carbonyl (C=O) groups excluding carboxylic acids is 1. The number of nitrogens with one attached hydrogen (secondary N) is 1. The fourth-order valence-electron chi connectivity index (χ4n) is 3.26. The highest BCUT2D eigenvalue weighted by atomic mass is 35.5. The van der Waals surface area contributed by atoms with Crippen LogP contribution in [0.5, 0.6) is 0 Å². The van der Waals surface area contributed by atoms with Gasteiger partial charge >= 0.3 is 0 Å². The van der Waals surface area contributed by atoms with Crippen LogP contribution in [0.4, 0.5) is 5.69 Å². The summed E-state index contributed by atoms with van der Waals surface area (Å²) in [6.45, 7) is 5.03. The first-order valence-corrected chi connectivity index (χ1v) is 10.3. The van der Waals surface area contributed by atoms with Gasteiger partial charge in [-0.05, 0) is 29.6 Å². The molecule has 0 atom stereocenters. The summed E-state index contributed by atoms with van der Waals surface area (Å²) in [4.78, 5) is 22.6. The second-order valence-electron chi connectivity index (χ2n) is 6.68. The van der Waals surface area contributed by atoms with Crippen molar-refractivity contribution in [3.63, 3.8) is 0 Å². The molecule has 1 aliphatic rings. The van der Waals surface area contributed by atoms with Gasteiger partial charge in [0.05, 0.1) is 17.9 Å². The van der Waals surface area contributed by atoms with Gasteiger partial charge in [0, 0.05) is 42.6 Å². The van der Waals surface area contributed by atoms with Crippen LogP contribution in [0.1, 0.15) is 4.88 Å². The quantitative estimate of drug-likeness (QED) is 0.669. The minimum absolute atomic E-state index is 0.0599. The van der Waals surface area contributed by atoms with E-state index in [4.69, 9.17) is 11.6 Å². The SMILES string of the molecule is O=C(CN1CCN(Cc2cccs2)CC1)Nc1cc(Cl)ccc1-n1cncn1. The average Bonchev–Trinajstić information content (AvgIpc) is 3.37. The summed E-state index contributed by atoms with van der Waals surface area (Å²) in [5.41, 5.74) is 1.36. The van der Waals surface area contributed by atoms with Gasteiger partial charge in [-0.3, -0.25) is 14.6 Å². The van der Waals surface area contributed by atoms with Crippen LogP contribution in [0.2, 0.25) is 5.02 Å². The molecular weight excluding hydrogens is 396 g/mol. The molecule has 1 aliphatic heterocycles. The molecule has 0 spiro atoms. The number of piperazine rings is 1. The standard InChI is InChI=1S/C19H21ClN6OS/c20-15-3-4-18(26-14-21-13-22-26)17(10-15)23-19(27)12-25-7-5-24(6-8-25)11-16-2-1-9-28-16/h1-4,9-10,13-14H,5-8,11-12H2,(H,23,27). The summed E-state index contributed by atoms with van der Waals surface area (Å²) in [6.07, 6.45) is 3.04. The lowest BCUT2D eigenvalue weighted by Crippen LogP contribution is -2.48. The van der Waals surface area contributed by atoms with E-state index in [1.165, 1.54) is 11.2 Å². The van der Waals surface area contributed by atoms with Gasteiger partial charge in [0.15, 0.2) is 0 Å². The van der Waals surface area contributed by atoms with E-state index < -0.39 is 0 Å². The third kappa shape index (κ3) is 4.77. The van der Waals surface area contributed by atoms with Crippen LogP contribution in [0, 0.1) is 0 Å². The number of nitrogens with zero attached hydrogens (tertiary/aromatic N) is 5. The molecule has 146 valence electrons. The molecule has 1 amide bonds. The Morgan fingerprint density at radius 2 is 2.00 bits per heavy atom. The number of thiophene rings is 1. The normalized spacial score (nSPS) is 15.6. The van der Waals surface area contributed by atoms with E-state index in [0.29, 0.717) is 17.3 Å². The summed E-state index contributed by atoms with van der Waals surface area (Å²) in [5, 5.41) is 9.77. The Morgan fingerprint density at radius 1 is 1.18 bits per heavy atom. The van der Waals surface area contributed by atoms with Gasteiger partial charge in [-0.1, -0.05) is 17.7 Å². The van der Waals surface area contributed by atoms with Crippen LogP contribution in [0.15, 0.2) is 48.4 Å². The summed E-state index contributed by atoms with van der Waals surface area (Å²) < 4.78 is 1.61. The lowest BCUT2D eigenvalue weighted by molar-refractivity contribution is -0.117. The molecule has 1 aromatic carbocycles. The van der Waals surface area contributed by atoms with Crippen molar-refractivity contribution in [3.05, 3.63) is 58.3 Å². The van der Waals surface area contributed by atoms with Crippen molar-refractivity contribution >= 4 is 34.5 Å². The molecule has 0 unspecified atom stereocenters. The van der Waals surface area contributed by atoms with Crippen LogP contribution < -0.4 is 5.32 Å². The Bertz CT molecular complexity index is 907. The molecule has 28 heavy (non-hydrogen) atoms. The van der Waals surface area contributed by atoms with Crippen molar-refractivity contribution in [2.45, 2.75) is 6.54 Å². The zero-order valence-electron chi connectivity index (χ0n) is 15.3. The number of rotatable bonds is 6. The zero-order chi connectivity index (χ0) is 19.3. The highest BCUT2D eigenvalue weighted by Crippen LogP contribution is 2.24. The first-order valence-electron chi connectivity index (χ1n) is 9.09. The lowest BCUT2D eigenvalue weighted by atomic mass is 10.2. The minimum Gasteiger partial charge on any atom is -0.323 e. The second-order valence-corrected chi connectivity index (χ2v) is 8.15. The third-order valence-electron chi connectivity index (χ3n) is 4.69. The average molecular weight is 417 g/mol. The minimum atomic E-state index is -0.0599. The maximum absolute atomic E-state index is 12.6. The maximum atomic E-state index is 12.6. The van der Waals surface area contributed by atoms with Gasteiger partial charge in [0.1, 0.15) is 12.7 Å². The summed E-state index contributed by atoms with van der Waals surface area (Å²) in [6, 6.07) is 9.57. The molecule has 3 heterocycles. The van der Waals surface area contributed by atoms with E-state index in [0.717, 1.165) is 38.4 Å². The van der Waals surface area contributed by atoms with Crippen LogP contribution in [0.3, 0.4) is 0 Å². The van der Waals surface area contributed by atoms with E-state index in [1.54, 1.807) is 34.5 Å². The predicted octanol–water partition coefficient (Wildman–Crippen LogP) is 2.74. The van der Waals surface area contributed by atoms with E-state index in [2.05, 4.69) is 42.7 Å². The molecular formula is C19H21ClN6OS. The largest absolute Gasteiger partial charge is 0.323 e. The van der Waals surface area contributed by atoms with Crippen LogP contribution in [0.25, 0.3) is 5.69 Å². The molecule has 9 heteroatoms. The van der Waals surface area contributed by atoms with E-state index in [9.17, 15) is 4.79 Å². The molecule has 1 fully saturated rings. The van der Waals surface area contributed by atoms with E-state index in [-0.39, 0.29) is 5.91 Å². The molecule has 2 aromatic heterocycles. The van der Waals surface area contributed by atoms with Crippen LogP contribution >= 0.6 is 22.9 Å². The number of aromatic nitrogens is 3. The predicted molar refractivity (Wildman–Crippen MR) is 111 cm³/mol. The number of carbonyl (C=O) groups is 1. The first-order chi connectivity index (χ1) is 13.7. The fraction of sp³-hybridized carbons (Fsp3) is 0.316. The number of anilines is 1. The molecule has 4 rings (SSSR count). The number of halogens is 1. The Kier molecular flexibility index (Phi) is 6.01. The Morgan fingerprint density at radius 3 is 2.71 bits per heavy atom. The van der Waals surface area contributed by atoms with Crippen molar-refractivity contribution in [2.24, 2.45) is 0 Å². The van der Waals surface area contributed by atoms with Crippen molar-refractivity contribution in [1.82, 2.24) is 24.6 Å². The van der Waals surface area contributed by atoms with E-state index in [1.807, 2.05) is 6.07 Å². The van der Waals surface area contributed by atoms with E-state index >= 15 is 0 Å². The smallest absolute Gasteiger partial charge is 0.238 e. The Labute approximate surface area is 172 Å². The zero-order valence-corrected chi connectivity index (χ0v) is 16.9. The van der Waals surface area contributed by atoms with Gasteiger partial charge in [-0.25, -0.2) is 9.67 Å². The van der Waals surface area contributed by atoms with Gasteiger partial charge in [-0.2, -0.15) is 5.10 Å². The van der Waals surface area contributed by atoms with Crippen LogP contribution in [-0.4, -0.2) is 63.2 Å². The number of benzene rings is 1. The summed E-state index contributed by atoms with van der Waals surface area (Å²) in [7, 11) is 0. The van der Waals surface area contributed by atoms with Gasteiger partial charge in [0.2, 0.25) is 5.91 Å². The van der Waals surface area contributed by atoms with Gasteiger partial charge in [0.25, 0.3) is 0 Å². The molecule has 1 saturated heterocycles. The molecule has 1 N–H and O–H groups in total. The number of hydrogen-bond donors (Lipinski definition) is 1. The highest BCUT2D eigenvalue weighted by Gasteiger charge is 2.20. The number of hydrogen-bond acceptors (Lipinski definition) is 6. The Hall–Kier alpha value is -2.26. The molecule has 0 bridgehead atoms. The highest BCUT2D eigenvalue weighted by molar-refractivity contribution is 7.09.